The van der Waals surface area contributed by atoms with Crippen molar-refractivity contribution in [2.45, 2.75) is 32.8 Å². The monoisotopic (exact) mass is 586 g/mol. The third kappa shape index (κ3) is 9.70. The lowest BCUT2D eigenvalue weighted by atomic mass is 10.1. The first-order chi connectivity index (χ1) is 18.0. The third-order valence-corrected chi connectivity index (χ3v) is 6.98. The topological polar surface area (TPSA) is 119 Å². The van der Waals surface area contributed by atoms with Gasteiger partial charge in [0.2, 0.25) is 11.8 Å². The van der Waals surface area contributed by atoms with Crippen molar-refractivity contribution in [3.63, 3.8) is 0 Å². The van der Waals surface area contributed by atoms with Gasteiger partial charge in [-0.2, -0.15) is 0 Å². The van der Waals surface area contributed by atoms with E-state index in [1.54, 1.807) is 43.2 Å². The second-order valence-corrected chi connectivity index (χ2v) is 11.2. The summed E-state index contributed by atoms with van der Waals surface area (Å²) >= 11 is 13.4. The molecule has 2 N–H and O–H groups in total. The quantitative estimate of drug-likeness (QED) is 0.373. The first-order valence-corrected chi connectivity index (χ1v) is 13.8. The van der Waals surface area contributed by atoms with Gasteiger partial charge < -0.3 is 29.7 Å². The van der Waals surface area contributed by atoms with Crippen LogP contribution < -0.4 is 10.6 Å². The average Bonchev–Trinajstić information content (AvgIpc) is 3.51. The molecule has 38 heavy (non-hydrogen) atoms. The second kappa shape index (κ2) is 14.1. The number of nitrogens with zero attached hydrogens (tertiary/aromatic N) is 2. The Bertz CT molecular complexity index is 1120. The molecule has 10 nitrogen and oxygen atoms in total. The highest BCUT2D eigenvalue weighted by molar-refractivity contribution is 7.13. The Kier molecular flexibility index (Phi) is 11.2. The number of rotatable bonds is 11. The summed E-state index contributed by atoms with van der Waals surface area (Å²) < 4.78 is 15.9. The fourth-order valence-electron chi connectivity index (χ4n) is 3.53. The summed E-state index contributed by atoms with van der Waals surface area (Å²) in [7, 11) is 0. The molecule has 1 aliphatic rings. The number of hydrogen-bond acceptors (Lipinski definition) is 8. The molecule has 1 fully saturated rings. The lowest BCUT2D eigenvalue weighted by Gasteiger charge is -2.19. The molecule has 1 saturated heterocycles. The largest absolute Gasteiger partial charge is 0.444 e. The predicted octanol–water partition coefficient (Wildman–Crippen LogP) is 4.46. The number of carbonyl (C=O) groups is 3. The molecule has 0 aliphatic carbocycles. The Labute approximate surface area is 235 Å². The SMILES string of the molecule is CC(C)(C)OC(=O)NCCOCCOCC(=O)N1CC[C@H](C(=O)Nc2csc(-c3ccc(Cl)c(Cl)c3)n2)C1. The number of anilines is 1. The van der Waals surface area contributed by atoms with Crippen molar-refractivity contribution >= 4 is 58.3 Å². The maximum absolute atomic E-state index is 12.7. The highest BCUT2D eigenvalue weighted by atomic mass is 35.5. The number of benzene rings is 1. The van der Waals surface area contributed by atoms with Gasteiger partial charge in [-0.1, -0.05) is 29.3 Å². The molecule has 1 aromatic carbocycles. The van der Waals surface area contributed by atoms with Crippen molar-refractivity contribution in [3.05, 3.63) is 33.6 Å². The van der Waals surface area contributed by atoms with Crippen LogP contribution in [0.15, 0.2) is 23.6 Å². The normalized spacial score (nSPS) is 15.4. The number of likely N-dealkylation sites (tertiary alicyclic amines) is 1. The molecule has 0 spiro atoms. The summed E-state index contributed by atoms with van der Waals surface area (Å²) in [6.45, 7) is 7.21. The molecule has 2 aromatic rings. The maximum Gasteiger partial charge on any atom is 0.407 e. The van der Waals surface area contributed by atoms with Gasteiger partial charge in [0.05, 0.1) is 35.8 Å². The summed E-state index contributed by atoms with van der Waals surface area (Å²) in [6.07, 6.45) is 0.0648. The summed E-state index contributed by atoms with van der Waals surface area (Å²) in [6, 6.07) is 5.25. The van der Waals surface area contributed by atoms with E-state index in [1.165, 1.54) is 11.3 Å². The molecular weight excluding hydrogens is 555 g/mol. The zero-order chi connectivity index (χ0) is 27.7. The number of ether oxygens (including phenoxy) is 3. The van der Waals surface area contributed by atoms with Gasteiger partial charge in [0.1, 0.15) is 23.0 Å². The second-order valence-electron chi connectivity index (χ2n) is 9.58. The third-order valence-electron chi connectivity index (χ3n) is 5.35. The molecular formula is C25H32Cl2N4O6S. The number of halogens is 2. The van der Waals surface area contributed by atoms with Crippen LogP contribution in [-0.2, 0) is 23.8 Å². The van der Waals surface area contributed by atoms with Crippen LogP contribution in [0.3, 0.4) is 0 Å². The molecule has 2 heterocycles. The van der Waals surface area contributed by atoms with Crippen molar-refractivity contribution in [1.29, 1.82) is 0 Å². The Hall–Kier alpha value is -2.44. The minimum atomic E-state index is -0.552. The number of carbonyl (C=O) groups excluding carboxylic acids is 3. The highest BCUT2D eigenvalue weighted by Crippen LogP contribution is 2.31. The summed E-state index contributed by atoms with van der Waals surface area (Å²) in [5.74, 6) is -0.228. The van der Waals surface area contributed by atoms with Gasteiger partial charge in [-0.05, 0) is 39.3 Å². The highest BCUT2D eigenvalue weighted by Gasteiger charge is 2.31. The molecule has 1 aliphatic heterocycles. The van der Waals surface area contributed by atoms with E-state index in [0.717, 1.165) is 5.56 Å². The van der Waals surface area contributed by atoms with Gasteiger partial charge in [-0.15, -0.1) is 11.3 Å². The predicted molar refractivity (Wildman–Crippen MR) is 147 cm³/mol. The fraction of sp³-hybridized carbons (Fsp3) is 0.520. The standard InChI is InChI=1S/C25H32Cl2N4O6S/c1-25(2,3)37-24(34)28-7-9-35-10-11-36-14-21(32)31-8-6-17(13-31)22(33)29-20-15-38-23(30-20)16-4-5-18(26)19(27)12-16/h4-5,12,15,17H,6-11,13-14H2,1-3H3,(H,28,34)(H,29,33)/t17-/m0/s1. The van der Waals surface area contributed by atoms with Crippen molar-refractivity contribution in [1.82, 2.24) is 15.2 Å². The van der Waals surface area contributed by atoms with E-state index in [0.29, 0.717) is 53.5 Å². The van der Waals surface area contributed by atoms with Gasteiger partial charge in [0.25, 0.3) is 0 Å². The molecule has 1 atom stereocenters. The van der Waals surface area contributed by atoms with Crippen LogP contribution in [0.5, 0.6) is 0 Å². The Balaban J connectivity index is 1.30. The number of amides is 3. The van der Waals surface area contributed by atoms with Crippen LogP contribution in [0.2, 0.25) is 10.0 Å². The van der Waals surface area contributed by atoms with E-state index in [2.05, 4.69) is 15.6 Å². The Morgan fingerprint density at radius 1 is 1.13 bits per heavy atom. The van der Waals surface area contributed by atoms with E-state index >= 15 is 0 Å². The van der Waals surface area contributed by atoms with E-state index < -0.39 is 11.7 Å². The number of alkyl carbamates (subject to hydrolysis) is 1. The molecule has 0 radical (unpaired) electrons. The first kappa shape index (κ1) is 30.1. The van der Waals surface area contributed by atoms with E-state index in [1.807, 2.05) is 6.07 Å². The molecule has 13 heteroatoms. The molecule has 0 saturated carbocycles. The number of aromatic nitrogens is 1. The van der Waals surface area contributed by atoms with Gasteiger partial charge in [-0.25, -0.2) is 9.78 Å². The van der Waals surface area contributed by atoms with Gasteiger partial charge in [0.15, 0.2) is 0 Å². The van der Waals surface area contributed by atoms with E-state index in [9.17, 15) is 14.4 Å². The van der Waals surface area contributed by atoms with Crippen LogP contribution >= 0.6 is 34.5 Å². The Morgan fingerprint density at radius 2 is 1.89 bits per heavy atom. The zero-order valence-corrected chi connectivity index (χ0v) is 23.9. The molecule has 208 valence electrons. The van der Waals surface area contributed by atoms with Crippen LogP contribution in [0.25, 0.3) is 10.6 Å². The van der Waals surface area contributed by atoms with Gasteiger partial charge in [-0.3, -0.25) is 9.59 Å². The zero-order valence-electron chi connectivity index (χ0n) is 21.6. The molecule has 0 unspecified atom stereocenters. The minimum absolute atomic E-state index is 0.0903. The molecule has 3 rings (SSSR count). The number of hydrogen-bond donors (Lipinski definition) is 2. The summed E-state index contributed by atoms with van der Waals surface area (Å²) in [5.41, 5.74) is 0.259. The van der Waals surface area contributed by atoms with Crippen LogP contribution in [-0.4, -0.2) is 79.5 Å². The first-order valence-electron chi connectivity index (χ1n) is 12.1. The average molecular weight is 588 g/mol. The summed E-state index contributed by atoms with van der Waals surface area (Å²) in [4.78, 5) is 42.8. The molecule has 3 amide bonds. The molecule has 1 aromatic heterocycles. The minimum Gasteiger partial charge on any atom is -0.444 e. The van der Waals surface area contributed by atoms with Crippen LogP contribution in [0.4, 0.5) is 10.6 Å². The number of thiazole rings is 1. The van der Waals surface area contributed by atoms with E-state index in [-0.39, 0.29) is 37.6 Å². The Morgan fingerprint density at radius 3 is 2.63 bits per heavy atom. The lowest BCUT2D eigenvalue weighted by molar-refractivity contribution is -0.135. The molecule has 0 bridgehead atoms. The van der Waals surface area contributed by atoms with Crippen molar-refractivity contribution in [3.8, 4) is 10.6 Å². The lowest BCUT2D eigenvalue weighted by Crippen LogP contribution is -2.35. The van der Waals surface area contributed by atoms with Crippen molar-refractivity contribution in [2.24, 2.45) is 5.92 Å². The van der Waals surface area contributed by atoms with Crippen LogP contribution in [0, 0.1) is 5.92 Å². The smallest absolute Gasteiger partial charge is 0.407 e. The van der Waals surface area contributed by atoms with Gasteiger partial charge in [0, 0.05) is 30.6 Å². The van der Waals surface area contributed by atoms with Crippen LogP contribution in [0.1, 0.15) is 27.2 Å². The summed E-state index contributed by atoms with van der Waals surface area (Å²) in [5, 5.41) is 8.80. The fourth-order valence-corrected chi connectivity index (χ4v) is 4.58. The number of nitrogens with one attached hydrogen (secondary N) is 2. The van der Waals surface area contributed by atoms with Crippen molar-refractivity contribution in [2.75, 3.05) is 51.4 Å². The van der Waals surface area contributed by atoms with E-state index in [4.69, 9.17) is 37.4 Å². The maximum atomic E-state index is 12.7. The van der Waals surface area contributed by atoms with Crippen molar-refractivity contribution < 1.29 is 28.6 Å². The van der Waals surface area contributed by atoms with Gasteiger partial charge >= 0.3 is 6.09 Å².